The van der Waals surface area contributed by atoms with E-state index in [1.165, 1.54) is 0 Å². The summed E-state index contributed by atoms with van der Waals surface area (Å²) < 4.78 is 10.5. The lowest BCUT2D eigenvalue weighted by Crippen LogP contribution is -2.38. The molecule has 1 aromatic rings. The molecule has 1 heterocycles. The molecular formula is C13H19NO3. The molecular weight excluding hydrogens is 218 g/mol. The molecule has 1 aliphatic rings. The summed E-state index contributed by atoms with van der Waals surface area (Å²) in [6, 6.07) is 5.77. The fraction of sp³-hybridized carbons (Fsp3) is 0.538. The minimum atomic E-state index is -0.240. The molecule has 17 heavy (non-hydrogen) atoms. The normalized spacial score (nSPS) is 20.2. The van der Waals surface area contributed by atoms with Gasteiger partial charge < -0.3 is 19.5 Å². The van der Waals surface area contributed by atoms with E-state index in [1.807, 2.05) is 18.2 Å². The molecule has 2 rings (SSSR count). The maximum atomic E-state index is 9.70. The minimum Gasteiger partial charge on any atom is -0.497 e. The van der Waals surface area contributed by atoms with Crippen molar-refractivity contribution in [3.63, 3.8) is 0 Å². The third kappa shape index (κ3) is 2.64. The van der Waals surface area contributed by atoms with Gasteiger partial charge in [0.1, 0.15) is 11.5 Å². The molecule has 1 saturated heterocycles. The average molecular weight is 237 g/mol. The highest BCUT2D eigenvalue weighted by Gasteiger charge is 2.20. The topological polar surface area (TPSA) is 41.9 Å². The van der Waals surface area contributed by atoms with Gasteiger partial charge in [-0.15, -0.1) is 0 Å². The van der Waals surface area contributed by atoms with E-state index >= 15 is 0 Å². The van der Waals surface area contributed by atoms with Crippen LogP contribution in [-0.4, -0.2) is 38.5 Å². The molecule has 1 atom stereocenters. The number of aliphatic hydroxyl groups excluding tert-OH is 1. The first-order valence-electron chi connectivity index (χ1n) is 5.89. The Morgan fingerprint density at radius 1 is 1.29 bits per heavy atom. The maximum absolute atomic E-state index is 9.70. The van der Waals surface area contributed by atoms with Crippen molar-refractivity contribution < 1.29 is 14.6 Å². The fourth-order valence-corrected chi connectivity index (χ4v) is 2.22. The average Bonchev–Trinajstić information content (AvgIpc) is 2.38. The Balaban J connectivity index is 2.24. The number of nitrogens with zero attached hydrogens (tertiary/aromatic N) is 1. The largest absolute Gasteiger partial charge is 0.497 e. The molecule has 0 aromatic heterocycles. The predicted molar refractivity (Wildman–Crippen MR) is 67.0 cm³/mol. The lowest BCUT2D eigenvalue weighted by atomic mass is 10.1. The number of rotatable bonds is 3. The van der Waals surface area contributed by atoms with Crippen LogP contribution in [0.15, 0.2) is 18.2 Å². The standard InChI is InChI=1S/C13H19NO3/c1-16-11-5-6-12(13(8-11)17-2)14-7-3-4-10(15)9-14/h5-6,8,10,15H,3-4,7,9H2,1-2H3. The smallest absolute Gasteiger partial charge is 0.145 e. The summed E-state index contributed by atoms with van der Waals surface area (Å²) >= 11 is 0. The molecule has 0 aliphatic carbocycles. The Bertz CT molecular complexity index is 381. The van der Waals surface area contributed by atoms with Gasteiger partial charge in [-0.2, -0.15) is 0 Å². The number of benzene rings is 1. The number of ether oxygens (including phenoxy) is 2. The van der Waals surface area contributed by atoms with Crippen LogP contribution in [0, 0.1) is 0 Å². The second-order valence-electron chi connectivity index (χ2n) is 4.28. The van der Waals surface area contributed by atoms with Crippen molar-refractivity contribution in [1.82, 2.24) is 0 Å². The quantitative estimate of drug-likeness (QED) is 0.868. The summed E-state index contributed by atoms with van der Waals surface area (Å²) in [6.45, 7) is 1.63. The van der Waals surface area contributed by atoms with Gasteiger partial charge in [0.05, 0.1) is 26.0 Å². The molecule has 1 aromatic carbocycles. The number of aliphatic hydroxyl groups is 1. The van der Waals surface area contributed by atoms with Crippen LogP contribution in [0.3, 0.4) is 0 Å². The summed E-state index contributed by atoms with van der Waals surface area (Å²) in [5, 5.41) is 9.70. The van der Waals surface area contributed by atoms with E-state index in [4.69, 9.17) is 9.47 Å². The molecule has 0 bridgehead atoms. The fourth-order valence-electron chi connectivity index (χ4n) is 2.22. The van der Waals surface area contributed by atoms with Crippen molar-refractivity contribution in [1.29, 1.82) is 0 Å². The van der Waals surface area contributed by atoms with Gasteiger partial charge in [0.25, 0.3) is 0 Å². The summed E-state index contributed by atoms with van der Waals surface area (Å²) in [6.07, 6.45) is 1.65. The lowest BCUT2D eigenvalue weighted by Gasteiger charge is -2.32. The number of methoxy groups -OCH3 is 2. The summed E-state index contributed by atoms with van der Waals surface area (Å²) in [4.78, 5) is 2.16. The summed E-state index contributed by atoms with van der Waals surface area (Å²) in [5.41, 5.74) is 1.02. The molecule has 0 spiro atoms. The first-order chi connectivity index (χ1) is 8.24. The van der Waals surface area contributed by atoms with Crippen molar-refractivity contribution in [2.24, 2.45) is 0 Å². The highest BCUT2D eigenvalue weighted by molar-refractivity contribution is 5.61. The van der Waals surface area contributed by atoms with Crippen LogP contribution in [0.25, 0.3) is 0 Å². The number of β-amino-alcohol motifs (C(OH)–C–C–N with tert-alkyl or cyclic N) is 1. The Kier molecular flexibility index (Phi) is 3.74. The Hall–Kier alpha value is -1.42. The summed E-state index contributed by atoms with van der Waals surface area (Å²) in [5.74, 6) is 1.57. The first-order valence-corrected chi connectivity index (χ1v) is 5.89. The van der Waals surface area contributed by atoms with E-state index in [-0.39, 0.29) is 6.10 Å². The van der Waals surface area contributed by atoms with Gasteiger partial charge in [0.15, 0.2) is 0 Å². The minimum absolute atomic E-state index is 0.240. The van der Waals surface area contributed by atoms with Crippen molar-refractivity contribution in [2.75, 3.05) is 32.2 Å². The van der Waals surface area contributed by atoms with Gasteiger partial charge in [0.2, 0.25) is 0 Å². The van der Waals surface area contributed by atoms with Crippen molar-refractivity contribution in [3.8, 4) is 11.5 Å². The molecule has 0 saturated carbocycles. The highest BCUT2D eigenvalue weighted by Crippen LogP contribution is 2.33. The van der Waals surface area contributed by atoms with Crippen LogP contribution in [0.1, 0.15) is 12.8 Å². The van der Waals surface area contributed by atoms with Crippen LogP contribution in [-0.2, 0) is 0 Å². The predicted octanol–water partition coefficient (Wildman–Crippen LogP) is 1.66. The van der Waals surface area contributed by atoms with E-state index in [0.29, 0.717) is 6.54 Å². The molecule has 1 N–H and O–H groups in total. The first kappa shape index (κ1) is 12.0. The van der Waals surface area contributed by atoms with Gasteiger partial charge in [0, 0.05) is 19.2 Å². The molecule has 0 amide bonds. The zero-order valence-corrected chi connectivity index (χ0v) is 10.3. The van der Waals surface area contributed by atoms with E-state index in [1.54, 1.807) is 14.2 Å². The number of piperidine rings is 1. The number of hydrogen-bond acceptors (Lipinski definition) is 4. The second-order valence-corrected chi connectivity index (χ2v) is 4.28. The van der Waals surface area contributed by atoms with E-state index in [2.05, 4.69) is 4.90 Å². The van der Waals surface area contributed by atoms with Crippen molar-refractivity contribution in [3.05, 3.63) is 18.2 Å². The van der Waals surface area contributed by atoms with Crippen LogP contribution in [0.4, 0.5) is 5.69 Å². The van der Waals surface area contributed by atoms with E-state index < -0.39 is 0 Å². The molecule has 1 aliphatic heterocycles. The van der Waals surface area contributed by atoms with Gasteiger partial charge >= 0.3 is 0 Å². The summed E-state index contributed by atoms with van der Waals surface area (Å²) in [7, 11) is 3.29. The van der Waals surface area contributed by atoms with Crippen LogP contribution < -0.4 is 14.4 Å². The molecule has 4 heteroatoms. The van der Waals surface area contributed by atoms with E-state index in [9.17, 15) is 5.11 Å². The van der Waals surface area contributed by atoms with E-state index in [0.717, 1.165) is 36.6 Å². The van der Waals surface area contributed by atoms with Gasteiger partial charge in [-0.3, -0.25) is 0 Å². The van der Waals surface area contributed by atoms with Gasteiger partial charge in [-0.25, -0.2) is 0 Å². The van der Waals surface area contributed by atoms with Crippen LogP contribution in [0.2, 0.25) is 0 Å². The molecule has 94 valence electrons. The third-order valence-corrected chi connectivity index (χ3v) is 3.12. The molecule has 1 fully saturated rings. The zero-order valence-electron chi connectivity index (χ0n) is 10.3. The Morgan fingerprint density at radius 2 is 2.12 bits per heavy atom. The van der Waals surface area contributed by atoms with Crippen LogP contribution in [0.5, 0.6) is 11.5 Å². The lowest BCUT2D eigenvalue weighted by molar-refractivity contribution is 0.154. The Morgan fingerprint density at radius 3 is 2.76 bits per heavy atom. The maximum Gasteiger partial charge on any atom is 0.145 e. The van der Waals surface area contributed by atoms with Gasteiger partial charge in [-0.05, 0) is 25.0 Å². The number of anilines is 1. The zero-order chi connectivity index (χ0) is 12.3. The monoisotopic (exact) mass is 237 g/mol. The van der Waals surface area contributed by atoms with Crippen molar-refractivity contribution >= 4 is 5.69 Å². The second kappa shape index (κ2) is 5.27. The molecule has 4 nitrogen and oxygen atoms in total. The molecule has 1 unspecified atom stereocenters. The Labute approximate surface area is 102 Å². The molecule has 0 radical (unpaired) electrons. The third-order valence-electron chi connectivity index (χ3n) is 3.12. The van der Waals surface area contributed by atoms with Crippen LogP contribution >= 0.6 is 0 Å². The SMILES string of the molecule is COc1ccc(N2CCCC(O)C2)c(OC)c1. The highest BCUT2D eigenvalue weighted by atomic mass is 16.5. The van der Waals surface area contributed by atoms with Gasteiger partial charge in [-0.1, -0.05) is 0 Å². The van der Waals surface area contributed by atoms with Crippen molar-refractivity contribution in [2.45, 2.75) is 18.9 Å². The number of hydrogen-bond donors (Lipinski definition) is 1.